The maximum absolute atomic E-state index is 12.3. The van der Waals surface area contributed by atoms with Crippen molar-refractivity contribution in [1.82, 2.24) is 4.90 Å². The number of likely N-dealkylation sites (tertiary alicyclic amines) is 1. The van der Waals surface area contributed by atoms with E-state index in [2.05, 4.69) is 18.7 Å². The minimum atomic E-state index is -0.186. The van der Waals surface area contributed by atoms with Crippen molar-refractivity contribution in [2.45, 2.75) is 65.6 Å². The Hall–Kier alpha value is -0.370. The molecule has 2 aliphatic rings. The van der Waals surface area contributed by atoms with Crippen LogP contribution < -0.4 is 0 Å². The smallest absolute Gasteiger partial charge is 0.155 e. The quantitative estimate of drug-likeness (QED) is 0.696. The summed E-state index contributed by atoms with van der Waals surface area (Å²) in [6, 6.07) is 1.44. The number of fused-ring (bicyclic) bond motifs is 1. The molecule has 2 nitrogen and oxygen atoms in total. The molecular formula is C13H23NO. The summed E-state index contributed by atoms with van der Waals surface area (Å²) in [6.45, 7) is 10.5. The van der Waals surface area contributed by atoms with Gasteiger partial charge in [0, 0.05) is 17.5 Å². The Morgan fingerprint density at radius 3 is 2.33 bits per heavy atom. The van der Waals surface area contributed by atoms with Crippen LogP contribution in [0.3, 0.4) is 0 Å². The van der Waals surface area contributed by atoms with Gasteiger partial charge in [-0.2, -0.15) is 0 Å². The minimum absolute atomic E-state index is 0.186. The summed E-state index contributed by atoms with van der Waals surface area (Å²) >= 11 is 0. The summed E-state index contributed by atoms with van der Waals surface area (Å²) in [4.78, 5) is 14.8. The van der Waals surface area contributed by atoms with E-state index in [0.29, 0.717) is 11.8 Å². The molecule has 1 heterocycles. The van der Waals surface area contributed by atoms with Gasteiger partial charge in [-0.05, 0) is 32.6 Å². The van der Waals surface area contributed by atoms with Gasteiger partial charge in [0.1, 0.15) is 0 Å². The Bertz CT molecular complexity index is 277. The third-order valence-corrected chi connectivity index (χ3v) is 3.79. The first-order valence-electron chi connectivity index (χ1n) is 6.14. The van der Waals surface area contributed by atoms with Crippen molar-refractivity contribution >= 4 is 5.78 Å². The summed E-state index contributed by atoms with van der Waals surface area (Å²) in [5.41, 5.74) is -0.186. The standard InChI is InChI=1S/C13H23NO/c1-8(2)14-10-6-9(10)7-11(14)12(15)13(3,4)5/h8-11H,6-7H2,1-5H3/t9-,10-,11-/m0/s1. The zero-order valence-electron chi connectivity index (χ0n) is 10.6. The molecular weight excluding hydrogens is 186 g/mol. The molecule has 2 fully saturated rings. The zero-order chi connectivity index (χ0) is 11.4. The average molecular weight is 209 g/mol. The predicted molar refractivity (Wildman–Crippen MR) is 61.7 cm³/mol. The lowest BCUT2D eigenvalue weighted by Crippen LogP contribution is -2.47. The van der Waals surface area contributed by atoms with Crippen molar-refractivity contribution in [3.05, 3.63) is 0 Å². The van der Waals surface area contributed by atoms with E-state index >= 15 is 0 Å². The number of rotatable bonds is 2. The van der Waals surface area contributed by atoms with Crippen LogP contribution >= 0.6 is 0 Å². The van der Waals surface area contributed by atoms with E-state index in [1.807, 2.05) is 20.8 Å². The Morgan fingerprint density at radius 1 is 1.27 bits per heavy atom. The van der Waals surface area contributed by atoms with Gasteiger partial charge in [-0.3, -0.25) is 9.69 Å². The summed E-state index contributed by atoms with van der Waals surface area (Å²) in [7, 11) is 0. The predicted octanol–water partition coefficient (Wildman–Crippen LogP) is 2.47. The first-order valence-corrected chi connectivity index (χ1v) is 6.14. The van der Waals surface area contributed by atoms with E-state index in [9.17, 15) is 4.79 Å². The van der Waals surface area contributed by atoms with Crippen molar-refractivity contribution in [2.75, 3.05) is 0 Å². The topological polar surface area (TPSA) is 20.3 Å². The van der Waals surface area contributed by atoms with Gasteiger partial charge < -0.3 is 0 Å². The summed E-state index contributed by atoms with van der Waals surface area (Å²) < 4.78 is 0. The molecule has 0 aromatic carbocycles. The number of carbonyl (C=O) groups is 1. The fraction of sp³-hybridized carbons (Fsp3) is 0.923. The highest BCUT2D eigenvalue weighted by Gasteiger charge is 2.55. The highest BCUT2D eigenvalue weighted by Crippen LogP contribution is 2.49. The van der Waals surface area contributed by atoms with Gasteiger partial charge in [-0.1, -0.05) is 20.8 Å². The molecule has 0 amide bonds. The summed E-state index contributed by atoms with van der Waals surface area (Å²) in [6.07, 6.45) is 2.44. The highest BCUT2D eigenvalue weighted by molar-refractivity contribution is 5.89. The van der Waals surface area contributed by atoms with Gasteiger partial charge in [0.05, 0.1) is 6.04 Å². The maximum Gasteiger partial charge on any atom is 0.155 e. The summed E-state index contributed by atoms with van der Waals surface area (Å²) in [5.74, 6) is 1.26. The monoisotopic (exact) mass is 209 g/mol. The third-order valence-electron chi connectivity index (χ3n) is 3.79. The lowest BCUT2D eigenvalue weighted by molar-refractivity contribution is -0.132. The number of hydrogen-bond acceptors (Lipinski definition) is 2. The highest BCUT2D eigenvalue weighted by atomic mass is 16.1. The molecule has 1 saturated heterocycles. The molecule has 3 atom stereocenters. The number of piperidine rings is 1. The van der Waals surface area contributed by atoms with Gasteiger partial charge in [0.15, 0.2) is 5.78 Å². The normalized spacial score (nSPS) is 35.7. The molecule has 0 spiro atoms. The third kappa shape index (κ3) is 1.84. The van der Waals surface area contributed by atoms with Crippen molar-refractivity contribution in [2.24, 2.45) is 11.3 Å². The van der Waals surface area contributed by atoms with E-state index in [4.69, 9.17) is 0 Å². The van der Waals surface area contributed by atoms with Crippen LogP contribution in [0.15, 0.2) is 0 Å². The Kier molecular flexibility index (Phi) is 2.45. The first-order chi connectivity index (χ1) is 6.82. The molecule has 1 aliphatic carbocycles. The molecule has 0 aromatic rings. The lowest BCUT2D eigenvalue weighted by Gasteiger charge is -2.33. The van der Waals surface area contributed by atoms with Crippen LogP contribution in [0.4, 0.5) is 0 Å². The lowest BCUT2D eigenvalue weighted by atomic mass is 9.84. The Balaban J connectivity index is 2.13. The van der Waals surface area contributed by atoms with Crippen molar-refractivity contribution in [1.29, 1.82) is 0 Å². The SMILES string of the molecule is CC(C)N1[C@H](C(=O)C(C)(C)C)C[C@@H]2C[C@@H]21. The number of ketones is 1. The van der Waals surface area contributed by atoms with Gasteiger partial charge in [0.2, 0.25) is 0 Å². The van der Waals surface area contributed by atoms with Gasteiger partial charge >= 0.3 is 0 Å². The van der Waals surface area contributed by atoms with Crippen LogP contribution in [0.2, 0.25) is 0 Å². The molecule has 2 rings (SSSR count). The van der Waals surface area contributed by atoms with Crippen LogP contribution in [-0.4, -0.2) is 28.8 Å². The molecule has 0 N–H and O–H groups in total. The van der Waals surface area contributed by atoms with Gasteiger partial charge in [-0.25, -0.2) is 0 Å². The van der Waals surface area contributed by atoms with Gasteiger partial charge in [0.25, 0.3) is 0 Å². The van der Waals surface area contributed by atoms with Gasteiger partial charge in [-0.15, -0.1) is 0 Å². The molecule has 0 bridgehead atoms. The molecule has 0 radical (unpaired) electrons. The molecule has 0 unspecified atom stereocenters. The van der Waals surface area contributed by atoms with Crippen LogP contribution in [0.1, 0.15) is 47.5 Å². The molecule has 1 aliphatic heterocycles. The molecule has 1 saturated carbocycles. The number of nitrogens with zero attached hydrogens (tertiary/aromatic N) is 1. The van der Waals surface area contributed by atoms with Crippen molar-refractivity contribution in [3.63, 3.8) is 0 Å². The second kappa shape index (κ2) is 3.31. The second-order valence-electron chi connectivity index (χ2n) is 6.47. The van der Waals surface area contributed by atoms with E-state index in [1.54, 1.807) is 0 Å². The zero-order valence-corrected chi connectivity index (χ0v) is 10.6. The fourth-order valence-electron chi connectivity index (χ4n) is 2.97. The minimum Gasteiger partial charge on any atom is -0.297 e. The fourth-order valence-corrected chi connectivity index (χ4v) is 2.97. The number of hydrogen-bond donors (Lipinski definition) is 0. The van der Waals surface area contributed by atoms with Crippen LogP contribution in [0.25, 0.3) is 0 Å². The molecule has 15 heavy (non-hydrogen) atoms. The van der Waals surface area contributed by atoms with Crippen molar-refractivity contribution in [3.8, 4) is 0 Å². The summed E-state index contributed by atoms with van der Waals surface area (Å²) in [5, 5.41) is 0. The molecule has 2 heteroatoms. The van der Waals surface area contributed by atoms with E-state index in [1.165, 1.54) is 6.42 Å². The second-order valence-corrected chi connectivity index (χ2v) is 6.47. The van der Waals surface area contributed by atoms with E-state index in [-0.39, 0.29) is 11.5 Å². The average Bonchev–Trinajstić information content (AvgIpc) is 2.73. The molecule has 86 valence electrons. The Labute approximate surface area is 93.0 Å². The number of carbonyl (C=O) groups excluding carboxylic acids is 1. The van der Waals surface area contributed by atoms with Crippen LogP contribution in [0, 0.1) is 11.3 Å². The molecule has 0 aromatic heterocycles. The van der Waals surface area contributed by atoms with Crippen molar-refractivity contribution < 1.29 is 4.79 Å². The van der Waals surface area contributed by atoms with E-state index < -0.39 is 0 Å². The van der Waals surface area contributed by atoms with Crippen LogP contribution in [-0.2, 0) is 4.79 Å². The Morgan fingerprint density at radius 2 is 1.87 bits per heavy atom. The maximum atomic E-state index is 12.3. The van der Waals surface area contributed by atoms with E-state index in [0.717, 1.165) is 18.4 Å². The number of Topliss-reactive ketones (excluding diaryl/α,β-unsaturated/α-hetero) is 1. The largest absolute Gasteiger partial charge is 0.297 e. The van der Waals surface area contributed by atoms with Crippen LogP contribution in [0.5, 0.6) is 0 Å². The first kappa shape index (κ1) is 11.1.